The third-order valence-corrected chi connectivity index (χ3v) is 7.31. The van der Waals surface area contributed by atoms with Gasteiger partial charge in [0.05, 0.1) is 13.2 Å². The van der Waals surface area contributed by atoms with Crippen molar-refractivity contribution in [1.82, 2.24) is 0 Å². The second-order valence-corrected chi connectivity index (χ2v) is 10.3. The zero-order valence-corrected chi connectivity index (χ0v) is 22.2. The summed E-state index contributed by atoms with van der Waals surface area (Å²) in [6, 6.07) is 0. The third kappa shape index (κ3) is 9.61. The van der Waals surface area contributed by atoms with E-state index in [-0.39, 0.29) is 6.61 Å². The highest BCUT2D eigenvalue weighted by Gasteiger charge is 2.58. The fourth-order valence-corrected chi connectivity index (χ4v) is 4.86. The van der Waals surface area contributed by atoms with Crippen LogP contribution in [0, 0.1) is 0 Å². The molecule has 9 atom stereocenters. The van der Waals surface area contributed by atoms with Crippen molar-refractivity contribution >= 4 is 0 Å². The molecule has 220 valence electrons. The molecule has 2 saturated heterocycles. The number of hydrogen-bond donors (Lipinski definition) is 7. The van der Waals surface area contributed by atoms with Crippen LogP contribution < -0.4 is 0 Å². The van der Waals surface area contributed by atoms with Crippen LogP contribution in [-0.4, -0.2) is 117 Å². The second-order valence-electron chi connectivity index (χ2n) is 10.3. The molecule has 2 fully saturated rings. The summed E-state index contributed by atoms with van der Waals surface area (Å²) in [5, 5.41) is 70.4. The Balaban J connectivity index is 1.67. The maximum atomic E-state index is 10.3. The topological polar surface area (TPSA) is 179 Å². The summed E-state index contributed by atoms with van der Waals surface area (Å²) >= 11 is 0. The Kier molecular flexibility index (Phi) is 15.3. The fourth-order valence-electron chi connectivity index (χ4n) is 4.86. The van der Waals surface area contributed by atoms with E-state index in [0.717, 1.165) is 19.3 Å². The summed E-state index contributed by atoms with van der Waals surface area (Å²) in [4.78, 5) is 0. The minimum Gasteiger partial charge on any atom is -0.394 e. The number of hydrogen-bond acceptors (Lipinski definition) is 11. The molecule has 11 heteroatoms. The van der Waals surface area contributed by atoms with Crippen LogP contribution in [-0.2, 0) is 18.9 Å². The van der Waals surface area contributed by atoms with E-state index in [0.29, 0.717) is 6.61 Å². The third-order valence-electron chi connectivity index (χ3n) is 7.31. The Bertz CT molecular complexity index is 597. The number of aliphatic hydroxyl groups excluding tert-OH is 7. The van der Waals surface area contributed by atoms with E-state index in [4.69, 9.17) is 18.9 Å². The molecule has 0 aliphatic carbocycles. The molecule has 0 unspecified atom stereocenters. The van der Waals surface area contributed by atoms with Gasteiger partial charge in [-0.1, -0.05) is 77.6 Å². The van der Waals surface area contributed by atoms with E-state index in [2.05, 4.69) is 6.92 Å². The molecule has 2 aliphatic rings. The van der Waals surface area contributed by atoms with E-state index in [1.807, 2.05) is 0 Å². The van der Waals surface area contributed by atoms with Gasteiger partial charge in [0.15, 0.2) is 6.29 Å². The van der Waals surface area contributed by atoms with Crippen LogP contribution in [0.25, 0.3) is 0 Å². The first kappa shape index (κ1) is 32.8. The van der Waals surface area contributed by atoms with Gasteiger partial charge in [-0.15, -0.1) is 0 Å². The number of rotatable bonds is 19. The Morgan fingerprint density at radius 3 is 1.76 bits per heavy atom. The quantitative estimate of drug-likeness (QED) is 0.113. The lowest BCUT2D eigenvalue weighted by Gasteiger charge is -2.43. The van der Waals surface area contributed by atoms with E-state index in [1.165, 1.54) is 57.8 Å². The molecular weight excluding hydrogens is 488 g/mol. The molecule has 0 radical (unpaired) electrons. The average Bonchev–Trinajstić information content (AvgIpc) is 3.14. The zero-order valence-electron chi connectivity index (χ0n) is 22.2. The van der Waals surface area contributed by atoms with Crippen LogP contribution in [0.5, 0.6) is 0 Å². The van der Waals surface area contributed by atoms with Crippen molar-refractivity contribution in [2.75, 3.05) is 26.4 Å². The summed E-state index contributed by atoms with van der Waals surface area (Å²) < 4.78 is 22.0. The van der Waals surface area contributed by atoms with Gasteiger partial charge in [0.25, 0.3) is 0 Å². The van der Waals surface area contributed by atoms with Gasteiger partial charge in [-0.3, -0.25) is 0 Å². The van der Waals surface area contributed by atoms with Gasteiger partial charge >= 0.3 is 0 Å². The van der Waals surface area contributed by atoms with Crippen LogP contribution in [0.2, 0.25) is 0 Å². The number of ether oxygens (including phenoxy) is 4. The molecular formula is C26H50O11. The van der Waals surface area contributed by atoms with Crippen molar-refractivity contribution in [3.63, 3.8) is 0 Å². The molecule has 0 spiro atoms. The van der Waals surface area contributed by atoms with Crippen molar-refractivity contribution < 1.29 is 54.7 Å². The van der Waals surface area contributed by atoms with E-state index in [9.17, 15) is 35.7 Å². The molecule has 0 aromatic heterocycles. The average molecular weight is 539 g/mol. The maximum absolute atomic E-state index is 10.3. The monoisotopic (exact) mass is 538 g/mol. The fraction of sp³-hybridized carbons (Fsp3) is 1.00. The van der Waals surface area contributed by atoms with Crippen molar-refractivity contribution in [2.24, 2.45) is 0 Å². The Morgan fingerprint density at radius 1 is 0.676 bits per heavy atom. The summed E-state index contributed by atoms with van der Waals surface area (Å²) in [7, 11) is 0. The Labute approximate surface area is 220 Å². The highest BCUT2D eigenvalue weighted by molar-refractivity contribution is 4.98. The first-order chi connectivity index (χ1) is 17.8. The molecule has 2 heterocycles. The molecule has 2 rings (SSSR count). The molecule has 7 N–H and O–H groups in total. The SMILES string of the molecule is CCCCCCCCCCCCCCOC[C@H]1O[C@H](O[C@@]2(CO)O[C@H](CO)[C@@H](O)[C@@H]2O)[C@H](O)[C@@H](O)[C@@H]1O. The number of unbranched alkanes of at least 4 members (excludes halogenated alkanes) is 11. The molecule has 0 aromatic carbocycles. The standard InChI is InChI=1S/C26H50O11/c1-2-3-4-5-6-7-8-9-10-11-12-13-14-34-16-19-20(29)22(31)23(32)25(35-19)37-26(17-28)24(33)21(30)18(15-27)36-26/h18-25,27-33H,2-17H2,1H3/t18-,19-,20-,21-,22+,23-,24+,25-,26-/m1/s1. The summed E-state index contributed by atoms with van der Waals surface area (Å²) in [5.41, 5.74) is 0. The van der Waals surface area contributed by atoms with Crippen LogP contribution in [0.4, 0.5) is 0 Å². The Hall–Kier alpha value is -0.440. The zero-order chi connectivity index (χ0) is 27.3. The minimum atomic E-state index is -2.19. The van der Waals surface area contributed by atoms with Crippen molar-refractivity contribution in [1.29, 1.82) is 0 Å². The predicted octanol–water partition coefficient (Wildman–Crippen LogP) is 0.330. The van der Waals surface area contributed by atoms with Crippen molar-refractivity contribution in [3.8, 4) is 0 Å². The van der Waals surface area contributed by atoms with E-state index < -0.39 is 68.0 Å². The van der Waals surface area contributed by atoms with Crippen molar-refractivity contribution in [3.05, 3.63) is 0 Å². The minimum absolute atomic E-state index is 0.0692. The molecule has 0 amide bonds. The highest BCUT2D eigenvalue weighted by atomic mass is 16.8. The van der Waals surface area contributed by atoms with Crippen molar-refractivity contribution in [2.45, 2.75) is 139 Å². The van der Waals surface area contributed by atoms with Crippen LogP contribution in [0.3, 0.4) is 0 Å². The van der Waals surface area contributed by atoms with Gasteiger partial charge in [-0.05, 0) is 6.42 Å². The normalized spacial score (nSPS) is 36.3. The lowest BCUT2D eigenvalue weighted by molar-refractivity contribution is -0.384. The Morgan fingerprint density at radius 2 is 1.24 bits per heavy atom. The molecule has 11 nitrogen and oxygen atoms in total. The highest BCUT2D eigenvalue weighted by Crippen LogP contribution is 2.36. The largest absolute Gasteiger partial charge is 0.394 e. The van der Waals surface area contributed by atoms with Crippen LogP contribution in [0.15, 0.2) is 0 Å². The van der Waals surface area contributed by atoms with Gasteiger partial charge in [0.1, 0.15) is 49.3 Å². The predicted molar refractivity (Wildman–Crippen MR) is 133 cm³/mol. The smallest absolute Gasteiger partial charge is 0.224 e. The lowest BCUT2D eigenvalue weighted by Crippen LogP contribution is -2.62. The van der Waals surface area contributed by atoms with Crippen LogP contribution in [0.1, 0.15) is 84.0 Å². The van der Waals surface area contributed by atoms with Gasteiger partial charge in [-0.2, -0.15) is 0 Å². The van der Waals surface area contributed by atoms with Crippen LogP contribution >= 0.6 is 0 Å². The molecule has 0 saturated carbocycles. The molecule has 0 aromatic rings. The first-order valence-corrected chi connectivity index (χ1v) is 14.0. The second kappa shape index (κ2) is 17.3. The van der Waals surface area contributed by atoms with Gasteiger partial charge in [-0.25, -0.2) is 0 Å². The van der Waals surface area contributed by atoms with Gasteiger partial charge in [0, 0.05) is 6.61 Å². The molecule has 2 aliphatic heterocycles. The van der Waals surface area contributed by atoms with E-state index in [1.54, 1.807) is 0 Å². The molecule has 0 bridgehead atoms. The molecule has 37 heavy (non-hydrogen) atoms. The number of aliphatic hydroxyl groups is 7. The first-order valence-electron chi connectivity index (χ1n) is 14.0. The summed E-state index contributed by atoms with van der Waals surface area (Å²) in [5.74, 6) is -2.19. The van der Waals surface area contributed by atoms with Gasteiger partial charge in [0.2, 0.25) is 5.79 Å². The lowest BCUT2D eigenvalue weighted by atomic mass is 9.99. The van der Waals surface area contributed by atoms with Gasteiger partial charge < -0.3 is 54.7 Å². The summed E-state index contributed by atoms with van der Waals surface area (Å²) in [6.45, 7) is 1.04. The maximum Gasteiger partial charge on any atom is 0.224 e. The summed E-state index contributed by atoms with van der Waals surface area (Å²) in [6.07, 6.45) is 2.70. The van der Waals surface area contributed by atoms with E-state index >= 15 is 0 Å².